The Morgan fingerprint density at radius 1 is 0.800 bits per heavy atom. The zero-order valence-electron chi connectivity index (χ0n) is 24.6. The van der Waals surface area contributed by atoms with E-state index in [9.17, 15) is 29.1 Å². The van der Waals surface area contributed by atoms with Crippen LogP contribution in [0.25, 0.3) is 10.9 Å². The molecular weight excluding hydrogens is 582 g/mol. The molecule has 0 aliphatic carbocycles. The van der Waals surface area contributed by atoms with Gasteiger partial charge < -0.3 is 49.0 Å². The number of carbonyl (C=O) groups excluding carboxylic acids is 4. The van der Waals surface area contributed by atoms with E-state index in [2.05, 4.69) is 25.9 Å². The topological polar surface area (TPSA) is 274 Å². The van der Waals surface area contributed by atoms with E-state index in [1.54, 1.807) is 6.20 Å². The van der Waals surface area contributed by atoms with Gasteiger partial charge in [-0.3, -0.25) is 24.2 Å². The first-order valence-electron chi connectivity index (χ1n) is 14.3. The predicted molar refractivity (Wildman–Crippen MR) is 167 cm³/mol. The molecule has 15 nitrogen and oxygen atoms in total. The van der Waals surface area contributed by atoms with Crippen LogP contribution in [0.15, 0.2) is 65.8 Å². The number of fused-ring (bicyclic) bond motifs is 1. The molecular formula is C30H39N9O6. The van der Waals surface area contributed by atoms with E-state index >= 15 is 0 Å². The fourth-order valence-electron chi connectivity index (χ4n) is 4.69. The molecule has 1 aromatic heterocycles. The first-order chi connectivity index (χ1) is 21.4. The number of nitrogens with zero attached hydrogens (tertiary/aromatic N) is 1. The maximum absolute atomic E-state index is 13.8. The lowest BCUT2D eigenvalue weighted by molar-refractivity contribution is -0.143. The van der Waals surface area contributed by atoms with Gasteiger partial charge in [0.05, 0.1) is 12.5 Å². The fraction of sp³-hybridized carbons (Fsp3) is 0.333. The van der Waals surface area contributed by atoms with Crippen LogP contribution >= 0.6 is 0 Å². The number of guanidine groups is 1. The Morgan fingerprint density at radius 3 is 2.09 bits per heavy atom. The van der Waals surface area contributed by atoms with Crippen molar-refractivity contribution < 1.29 is 29.1 Å². The number of carbonyl (C=O) groups is 5. The summed E-state index contributed by atoms with van der Waals surface area (Å²) >= 11 is 0. The van der Waals surface area contributed by atoms with Crippen LogP contribution in [-0.4, -0.2) is 76.4 Å². The van der Waals surface area contributed by atoms with Gasteiger partial charge in [0.2, 0.25) is 23.6 Å². The summed E-state index contributed by atoms with van der Waals surface area (Å²) in [6.07, 6.45) is 1.56. The van der Waals surface area contributed by atoms with Crippen molar-refractivity contribution in [2.45, 2.75) is 56.3 Å². The SMILES string of the molecule is NC(=O)CC(NC(=O)C(CCCN=C(N)N)NC(=O)C(Cc1c[nH]c2ccccc12)NC(=O)C(N)Cc1ccccc1)C(=O)O. The van der Waals surface area contributed by atoms with Gasteiger partial charge in [0.15, 0.2) is 5.96 Å². The minimum atomic E-state index is -1.62. The molecule has 13 N–H and O–H groups in total. The van der Waals surface area contributed by atoms with Crippen LogP contribution < -0.4 is 38.9 Å². The van der Waals surface area contributed by atoms with Gasteiger partial charge in [0.1, 0.15) is 18.1 Å². The van der Waals surface area contributed by atoms with Crippen LogP contribution in [0.1, 0.15) is 30.4 Å². The number of hydrogen-bond acceptors (Lipinski definition) is 7. The summed E-state index contributed by atoms with van der Waals surface area (Å²) in [5.74, 6) is -4.77. The molecule has 15 heteroatoms. The number of carboxylic acids is 1. The largest absolute Gasteiger partial charge is 0.480 e. The van der Waals surface area contributed by atoms with Crippen LogP contribution in [0.3, 0.4) is 0 Å². The number of aromatic nitrogens is 1. The zero-order valence-corrected chi connectivity index (χ0v) is 24.6. The van der Waals surface area contributed by atoms with E-state index in [1.807, 2.05) is 54.6 Å². The van der Waals surface area contributed by atoms with E-state index in [1.165, 1.54) is 0 Å². The van der Waals surface area contributed by atoms with E-state index in [4.69, 9.17) is 22.9 Å². The van der Waals surface area contributed by atoms with Gasteiger partial charge in [-0.2, -0.15) is 0 Å². The van der Waals surface area contributed by atoms with Crippen molar-refractivity contribution in [3.8, 4) is 0 Å². The Hall–Kier alpha value is -5.44. The second-order valence-corrected chi connectivity index (χ2v) is 10.5. The highest BCUT2D eigenvalue weighted by atomic mass is 16.4. The first kappa shape index (κ1) is 34.1. The first-order valence-corrected chi connectivity index (χ1v) is 14.3. The zero-order chi connectivity index (χ0) is 32.9. The van der Waals surface area contributed by atoms with Gasteiger partial charge in [-0.1, -0.05) is 48.5 Å². The number of aliphatic carboxylic acids is 1. The highest BCUT2D eigenvalue weighted by Crippen LogP contribution is 2.19. The maximum Gasteiger partial charge on any atom is 0.326 e. The van der Waals surface area contributed by atoms with E-state index < -0.39 is 60.2 Å². The van der Waals surface area contributed by atoms with Gasteiger partial charge in [-0.05, 0) is 36.5 Å². The summed E-state index contributed by atoms with van der Waals surface area (Å²) < 4.78 is 0. The summed E-state index contributed by atoms with van der Waals surface area (Å²) in [6.45, 7) is 0.121. The Morgan fingerprint density at radius 2 is 1.42 bits per heavy atom. The molecule has 0 saturated carbocycles. The molecule has 0 bridgehead atoms. The Kier molecular flexibility index (Phi) is 12.4. The number of nitrogens with one attached hydrogen (secondary N) is 4. The van der Waals surface area contributed by atoms with Crippen molar-refractivity contribution in [3.63, 3.8) is 0 Å². The van der Waals surface area contributed by atoms with E-state index in [0.29, 0.717) is 0 Å². The molecule has 0 aliphatic rings. The van der Waals surface area contributed by atoms with Crippen LogP contribution in [0, 0.1) is 0 Å². The summed E-state index contributed by atoms with van der Waals surface area (Å²) in [7, 11) is 0. The van der Waals surface area contributed by atoms with Crippen molar-refractivity contribution in [2.75, 3.05) is 6.54 Å². The fourth-order valence-corrected chi connectivity index (χ4v) is 4.69. The van der Waals surface area contributed by atoms with Crippen LogP contribution in [0.2, 0.25) is 0 Å². The van der Waals surface area contributed by atoms with Gasteiger partial charge in [0, 0.05) is 30.1 Å². The minimum absolute atomic E-state index is 0.00145. The average Bonchev–Trinajstić information content (AvgIpc) is 3.40. The lowest BCUT2D eigenvalue weighted by Crippen LogP contribution is -2.58. The molecule has 0 fully saturated rings. The maximum atomic E-state index is 13.8. The molecule has 3 rings (SSSR count). The number of hydrogen-bond donors (Lipinski definition) is 9. The molecule has 4 amide bonds. The second kappa shape index (κ2) is 16.4. The average molecular weight is 622 g/mol. The number of benzene rings is 2. The summed E-state index contributed by atoms with van der Waals surface area (Å²) in [5, 5.41) is 17.9. The Balaban J connectivity index is 1.85. The number of aliphatic imine (C=N–C) groups is 1. The van der Waals surface area contributed by atoms with Crippen LogP contribution in [0.4, 0.5) is 0 Å². The van der Waals surface area contributed by atoms with E-state index in [0.717, 1.165) is 22.0 Å². The normalized spacial score (nSPS) is 13.5. The van der Waals surface area contributed by atoms with Gasteiger partial charge in [-0.25, -0.2) is 4.79 Å². The van der Waals surface area contributed by atoms with Crippen molar-refractivity contribution in [2.24, 2.45) is 27.9 Å². The summed E-state index contributed by atoms with van der Waals surface area (Å²) in [6, 6.07) is 11.5. The van der Waals surface area contributed by atoms with Gasteiger partial charge in [0.25, 0.3) is 0 Å². The second-order valence-electron chi connectivity index (χ2n) is 10.5. The van der Waals surface area contributed by atoms with Crippen molar-refractivity contribution in [1.82, 2.24) is 20.9 Å². The number of nitrogens with two attached hydrogens (primary N) is 4. The van der Waals surface area contributed by atoms with Gasteiger partial charge in [-0.15, -0.1) is 0 Å². The lowest BCUT2D eigenvalue weighted by atomic mass is 10.0. The molecule has 45 heavy (non-hydrogen) atoms. The summed E-state index contributed by atoms with van der Waals surface area (Å²) in [4.78, 5) is 70.2. The molecule has 4 atom stereocenters. The number of amides is 4. The van der Waals surface area contributed by atoms with Crippen molar-refractivity contribution >= 4 is 46.5 Å². The number of H-pyrrole nitrogens is 1. The van der Waals surface area contributed by atoms with E-state index in [-0.39, 0.29) is 38.2 Å². The Bertz CT molecular complexity index is 1520. The third-order valence-corrected chi connectivity index (χ3v) is 6.97. The Labute approximate surface area is 259 Å². The highest BCUT2D eigenvalue weighted by molar-refractivity contribution is 5.95. The highest BCUT2D eigenvalue weighted by Gasteiger charge is 2.31. The lowest BCUT2D eigenvalue weighted by Gasteiger charge is -2.25. The molecule has 0 spiro atoms. The molecule has 1 heterocycles. The third kappa shape index (κ3) is 10.7. The predicted octanol–water partition coefficient (Wildman–Crippen LogP) is -1.25. The minimum Gasteiger partial charge on any atom is -0.480 e. The molecule has 0 radical (unpaired) electrons. The van der Waals surface area contributed by atoms with Gasteiger partial charge >= 0.3 is 5.97 Å². The molecule has 240 valence electrons. The monoisotopic (exact) mass is 621 g/mol. The third-order valence-electron chi connectivity index (χ3n) is 6.97. The molecule has 0 aliphatic heterocycles. The number of primary amides is 1. The molecule has 3 aromatic rings. The van der Waals surface area contributed by atoms with Crippen molar-refractivity contribution in [1.29, 1.82) is 0 Å². The number of aromatic amines is 1. The van der Waals surface area contributed by atoms with Crippen molar-refractivity contribution in [3.05, 3.63) is 71.9 Å². The quantitative estimate of drug-likeness (QED) is 0.0494. The van der Waals surface area contributed by atoms with Crippen LogP contribution in [-0.2, 0) is 36.8 Å². The molecule has 2 aromatic carbocycles. The number of rotatable bonds is 17. The number of carboxylic acid groups (broad SMARTS) is 1. The summed E-state index contributed by atoms with van der Waals surface area (Å²) in [5.41, 5.74) is 24.5. The standard InChI is InChI=1S/C30H39N9O6/c31-20(13-17-7-2-1-3-8-17)26(41)38-23(14-18-16-36-21-10-5-4-9-19(18)21)28(43)37-22(11-6-12-35-30(33)34)27(42)39-24(29(44)45)15-25(32)40/h1-5,7-10,16,20,22-24,36H,6,11-15,31H2,(H2,32,40)(H,37,43)(H,38,41)(H,39,42)(H,44,45)(H4,33,34,35). The molecule has 0 saturated heterocycles. The van der Waals surface area contributed by atoms with Crippen LogP contribution in [0.5, 0.6) is 0 Å². The smallest absolute Gasteiger partial charge is 0.326 e. The molecule has 4 unspecified atom stereocenters. The number of para-hydroxylation sites is 1.